The van der Waals surface area contributed by atoms with Crippen LogP contribution in [0.3, 0.4) is 0 Å². The second-order valence-corrected chi connectivity index (χ2v) is 7.34. The molecule has 2 N–H and O–H groups in total. The number of hydrogen-bond donors (Lipinski definition) is 2. The molecule has 2 aliphatic rings. The lowest BCUT2D eigenvalue weighted by atomic mass is 9.84. The van der Waals surface area contributed by atoms with Crippen molar-refractivity contribution < 1.29 is 27.4 Å². The van der Waals surface area contributed by atoms with Crippen molar-refractivity contribution in [2.75, 3.05) is 6.01 Å². The van der Waals surface area contributed by atoms with Gasteiger partial charge in [-0.1, -0.05) is 42.5 Å². The van der Waals surface area contributed by atoms with Crippen LogP contribution in [0.25, 0.3) is 0 Å². The first-order valence-corrected chi connectivity index (χ1v) is 8.74. The molecule has 1 heterocycles. The van der Waals surface area contributed by atoms with E-state index in [1.54, 1.807) is 24.3 Å². The lowest BCUT2D eigenvalue weighted by Crippen LogP contribution is -2.60. The molecule has 6 nitrogen and oxygen atoms in total. The number of alkyl halides is 1. The van der Waals surface area contributed by atoms with Gasteiger partial charge in [-0.3, -0.25) is 4.79 Å². The fraction of sp³-hybridized carbons (Fsp3) is 0.188. The van der Waals surface area contributed by atoms with Crippen molar-refractivity contribution in [3.8, 4) is 5.75 Å². The van der Waals surface area contributed by atoms with Crippen LogP contribution < -0.4 is 9.46 Å². The molecular weight excluding hydrogens is 337 g/mol. The maximum Gasteiger partial charge on any atom is 0.267 e. The topological polar surface area (TPSA) is 92.7 Å². The van der Waals surface area contributed by atoms with Gasteiger partial charge >= 0.3 is 0 Å². The van der Waals surface area contributed by atoms with Gasteiger partial charge < -0.3 is 9.84 Å². The van der Waals surface area contributed by atoms with Crippen molar-refractivity contribution >= 4 is 15.8 Å². The van der Waals surface area contributed by atoms with E-state index in [0.29, 0.717) is 0 Å². The molecule has 8 heteroatoms. The van der Waals surface area contributed by atoms with Crippen molar-refractivity contribution in [1.29, 1.82) is 0 Å². The molecule has 0 saturated heterocycles. The van der Waals surface area contributed by atoms with Gasteiger partial charge in [0.2, 0.25) is 16.0 Å². The maximum absolute atomic E-state index is 13.1. The van der Waals surface area contributed by atoms with Gasteiger partial charge in [-0.15, -0.1) is 0 Å². The number of fused-ring (bicyclic) bond motifs is 5. The Labute approximate surface area is 136 Å². The number of Topliss-reactive ketones (excluding diaryl/α,β-unsaturated/α-hetero) is 1. The molecular formula is C16H12FNO5S. The normalized spacial score (nSPS) is 27.3. The predicted octanol–water partition coefficient (Wildman–Crippen LogP) is 1.16. The Morgan fingerprint density at radius 3 is 2.42 bits per heavy atom. The maximum atomic E-state index is 13.1. The van der Waals surface area contributed by atoms with Crippen LogP contribution in [0.2, 0.25) is 0 Å². The second kappa shape index (κ2) is 4.62. The summed E-state index contributed by atoms with van der Waals surface area (Å²) in [5, 5.41) is 11.2. The van der Waals surface area contributed by atoms with Gasteiger partial charge in [-0.05, 0) is 6.07 Å². The highest BCUT2D eigenvalue weighted by molar-refractivity contribution is 7.89. The van der Waals surface area contributed by atoms with Crippen LogP contribution in [0.1, 0.15) is 21.5 Å². The lowest BCUT2D eigenvalue weighted by Gasteiger charge is -2.33. The van der Waals surface area contributed by atoms with E-state index in [4.69, 9.17) is 4.74 Å². The third-order valence-corrected chi connectivity index (χ3v) is 5.29. The molecule has 0 bridgehead atoms. The number of rotatable bonds is 3. The molecule has 1 aliphatic carbocycles. The Hall–Kier alpha value is -2.29. The number of benzene rings is 2. The van der Waals surface area contributed by atoms with Gasteiger partial charge in [-0.2, -0.15) is 4.72 Å². The number of carbonyl (C=O) groups is 1. The van der Waals surface area contributed by atoms with E-state index in [2.05, 4.69) is 0 Å². The van der Waals surface area contributed by atoms with Crippen molar-refractivity contribution in [3.63, 3.8) is 0 Å². The average molecular weight is 349 g/mol. The zero-order valence-corrected chi connectivity index (χ0v) is 13.0. The smallest absolute Gasteiger partial charge is 0.267 e. The molecule has 1 aliphatic heterocycles. The Morgan fingerprint density at radius 2 is 1.71 bits per heavy atom. The highest BCUT2D eigenvalue weighted by Gasteiger charge is 2.72. The Balaban J connectivity index is 2.06. The minimum atomic E-state index is -4.48. The molecule has 2 unspecified atom stereocenters. The van der Waals surface area contributed by atoms with E-state index in [-0.39, 0.29) is 22.4 Å². The monoisotopic (exact) mass is 349 g/mol. The molecule has 0 fully saturated rings. The lowest BCUT2D eigenvalue weighted by molar-refractivity contribution is -0.166. The predicted molar refractivity (Wildman–Crippen MR) is 81.4 cm³/mol. The van der Waals surface area contributed by atoms with E-state index in [1.807, 2.05) is 4.72 Å². The second-order valence-electron chi connectivity index (χ2n) is 5.69. The van der Waals surface area contributed by atoms with Crippen LogP contribution in [0, 0.1) is 0 Å². The first-order valence-electron chi connectivity index (χ1n) is 7.08. The molecule has 2 aromatic rings. The molecule has 0 saturated carbocycles. The average Bonchev–Trinajstić information content (AvgIpc) is 2.93. The van der Waals surface area contributed by atoms with Gasteiger partial charge in [0, 0.05) is 16.7 Å². The van der Waals surface area contributed by atoms with E-state index >= 15 is 0 Å². The Bertz CT molecular complexity index is 976. The highest BCUT2D eigenvalue weighted by atomic mass is 32.2. The zero-order chi connectivity index (χ0) is 17.2. The van der Waals surface area contributed by atoms with Gasteiger partial charge in [0.15, 0.2) is 11.3 Å². The molecule has 4 rings (SSSR count). The van der Waals surface area contributed by atoms with Crippen molar-refractivity contribution in [1.82, 2.24) is 4.72 Å². The summed E-state index contributed by atoms with van der Waals surface area (Å²) in [5.41, 5.74) is -1.76. The van der Waals surface area contributed by atoms with Crippen molar-refractivity contribution in [2.24, 2.45) is 0 Å². The minimum absolute atomic E-state index is 0.121. The van der Waals surface area contributed by atoms with Crippen LogP contribution in [0.5, 0.6) is 5.75 Å². The van der Waals surface area contributed by atoms with Gasteiger partial charge in [0.1, 0.15) is 5.75 Å². The van der Waals surface area contributed by atoms with E-state index in [1.165, 1.54) is 24.3 Å². The number of aliphatic hydroxyl groups is 1. The third kappa shape index (κ3) is 1.65. The number of para-hydroxylation sites is 1. The fourth-order valence-electron chi connectivity index (χ4n) is 3.43. The molecule has 2 aromatic carbocycles. The molecule has 124 valence electrons. The molecule has 0 spiro atoms. The SMILES string of the molecule is O=C1c2ccccc2C2(O)Oc3ccccc3C12NS(=O)(=O)CF. The summed E-state index contributed by atoms with van der Waals surface area (Å²) < 4.78 is 44.5. The minimum Gasteiger partial charge on any atom is -0.455 e. The summed E-state index contributed by atoms with van der Waals surface area (Å²) in [5.74, 6) is -2.82. The number of carbonyl (C=O) groups excluding carboxylic acids is 1. The molecule has 24 heavy (non-hydrogen) atoms. The number of ether oxygens (including phenoxy) is 1. The van der Waals surface area contributed by atoms with E-state index in [0.717, 1.165) is 0 Å². The summed E-state index contributed by atoms with van der Waals surface area (Å²) >= 11 is 0. The van der Waals surface area contributed by atoms with Gasteiger partial charge in [0.25, 0.3) is 5.79 Å². The van der Waals surface area contributed by atoms with Crippen LogP contribution >= 0.6 is 0 Å². The summed E-state index contributed by atoms with van der Waals surface area (Å²) in [4.78, 5) is 13.1. The first-order chi connectivity index (χ1) is 11.4. The highest BCUT2D eigenvalue weighted by Crippen LogP contribution is 2.58. The summed E-state index contributed by atoms with van der Waals surface area (Å²) in [6, 6.07) is 10.6. The van der Waals surface area contributed by atoms with Crippen molar-refractivity contribution in [2.45, 2.75) is 11.3 Å². The van der Waals surface area contributed by atoms with E-state index in [9.17, 15) is 22.7 Å². The largest absolute Gasteiger partial charge is 0.455 e. The number of nitrogens with one attached hydrogen (secondary N) is 1. The van der Waals surface area contributed by atoms with Crippen LogP contribution in [0.15, 0.2) is 48.5 Å². The van der Waals surface area contributed by atoms with Crippen LogP contribution in [-0.2, 0) is 21.3 Å². The van der Waals surface area contributed by atoms with Crippen LogP contribution in [0.4, 0.5) is 4.39 Å². The fourth-order valence-corrected chi connectivity index (χ4v) is 4.29. The third-order valence-electron chi connectivity index (χ3n) is 4.39. The summed E-state index contributed by atoms with van der Waals surface area (Å²) in [6.45, 7) is 0. The molecule has 0 amide bonds. The van der Waals surface area contributed by atoms with Crippen molar-refractivity contribution in [3.05, 3.63) is 65.2 Å². The summed E-state index contributed by atoms with van der Waals surface area (Å²) in [6.07, 6.45) is 0. The molecule has 0 aromatic heterocycles. The number of hydrogen-bond acceptors (Lipinski definition) is 5. The number of sulfonamides is 1. The Morgan fingerprint density at radius 1 is 1.08 bits per heavy atom. The Kier molecular flexibility index (Phi) is 2.94. The first kappa shape index (κ1) is 15.3. The van der Waals surface area contributed by atoms with Crippen LogP contribution in [-0.4, -0.2) is 25.3 Å². The molecule has 2 atom stereocenters. The van der Waals surface area contributed by atoms with Gasteiger partial charge in [0.05, 0.1) is 0 Å². The van der Waals surface area contributed by atoms with Gasteiger partial charge in [-0.25, -0.2) is 12.8 Å². The quantitative estimate of drug-likeness (QED) is 0.868. The number of ketones is 1. The number of halogens is 1. The molecule has 0 radical (unpaired) electrons. The zero-order valence-electron chi connectivity index (χ0n) is 12.2. The standard InChI is InChI=1S/C16H12FNO5S/c17-9-24(21,22)18-15-12-7-3-4-8-13(12)23-16(15,20)11-6-2-1-5-10(11)14(15)19/h1-8,18,20H,9H2. The van der Waals surface area contributed by atoms with E-state index < -0.39 is 33.1 Å². The summed E-state index contributed by atoms with van der Waals surface area (Å²) in [7, 11) is -4.48.